The molecule has 2 N–H and O–H groups in total. The number of nitrogens with zero attached hydrogens (tertiary/aromatic N) is 1. The van der Waals surface area contributed by atoms with Gasteiger partial charge >= 0.3 is 6.03 Å². The third-order valence-corrected chi connectivity index (χ3v) is 3.75. The number of imide groups is 1. The average molecular weight is 289 g/mol. The topological polar surface area (TPSA) is 61.4 Å². The maximum Gasteiger partial charge on any atom is 0.325 e. The van der Waals surface area contributed by atoms with Crippen LogP contribution in [0.1, 0.15) is 25.3 Å². The highest BCUT2D eigenvalue weighted by molar-refractivity contribution is 6.02. The number of rotatable bonds is 3. The second-order valence-electron chi connectivity index (χ2n) is 5.80. The number of anilines is 1. The molecule has 1 aliphatic heterocycles. The molecular weight excluding hydrogens is 266 g/mol. The Kier molecular flexibility index (Phi) is 5.33. The number of hydrogen-bond acceptors (Lipinski definition) is 3. The predicted octanol–water partition coefficient (Wildman–Crippen LogP) is 2.38. The molecule has 1 heterocycles. The Morgan fingerprint density at radius 2 is 2.10 bits per heavy atom. The van der Waals surface area contributed by atoms with Gasteiger partial charge in [-0.25, -0.2) is 4.79 Å². The Morgan fingerprint density at radius 3 is 2.81 bits per heavy atom. The van der Waals surface area contributed by atoms with Gasteiger partial charge in [-0.05, 0) is 43.9 Å². The van der Waals surface area contributed by atoms with Crippen molar-refractivity contribution in [2.45, 2.75) is 26.7 Å². The van der Waals surface area contributed by atoms with E-state index in [9.17, 15) is 9.59 Å². The summed E-state index contributed by atoms with van der Waals surface area (Å²) in [7, 11) is 0. The second kappa shape index (κ2) is 7.22. The lowest BCUT2D eigenvalue weighted by Crippen LogP contribution is -2.44. The molecule has 0 aromatic heterocycles. The number of nitrogens with one attached hydrogen (secondary N) is 2. The first kappa shape index (κ1) is 15.5. The third kappa shape index (κ3) is 4.86. The number of para-hydroxylation sites is 1. The number of carbonyl (C=O) groups is 2. The maximum atomic E-state index is 11.9. The normalized spacial score (nSPS) is 19.0. The van der Waals surface area contributed by atoms with E-state index in [2.05, 4.69) is 22.5 Å². The van der Waals surface area contributed by atoms with Gasteiger partial charge in [0.2, 0.25) is 5.91 Å². The van der Waals surface area contributed by atoms with Crippen molar-refractivity contribution in [1.82, 2.24) is 10.2 Å². The van der Waals surface area contributed by atoms with Crippen molar-refractivity contribution in [2.24, 2.45) is 5.92 Å². The van der Waals surface area contributed by atoms with E-state index in [1.165, 1.54) is 6.42 Å². The monoisotopic (exact) mass is 289 g/mol. The van der Waals surface area contributed by atoms with Crippen molar-refractivity contribution in [3.05, 3.63) is 29.8 Å². The van der Waals surface area contributed by atoms with Gasteiger partial charge < -0.3 is 5.32 Å². The molecule has 1 unspecified atom stereocenters. The summed E-state index contributed by atoms with van der Waals surface area (Å²) < 4.78 is 0. The van der Waals surface area contributed by atoms with E-state index in [1.807, 2.05) is 31.2 Å². The summed E-state index contributed by atoms with van der Waals surface area (Å²) in [4.78, 5) is 25.8. The fraction of sp³-hybridized carbons (Fsp3) is 0.500. The SMILES string of the molecule is Cc1ccccc1NC(=O)NC(=O)CN1CCCC(C)C1. The average Bonchev–Trinajstić information content (AvgIpc) is 2.41. The van der Waals surface area contributed by atoms with Crippen LogP contribution in [0.25, 0.3) is 0 Å². The number of carbonyl (C=O) groups excluding carboxylic acids is 2. The molecule has 0 bridgehead atoms. The second-order valence-corrected chi connectivity index (χ2v) is 5.80. The predicted molar refractivity (Wildman–Crippen MR) is 83.2 cm³/mol. The van der Waals surface area contributed by atoms with Crippen LogP contribution in [0.3, 0.4) is 0 Å². The zero-order valence-electron chi connectivity index (χ0n) is 12.7. The Balaban J connectivity index is 1.79. The molecule has 0 saturated carbocycles. The van der Waals surface area contributed by atoms with E-state index in [0.29, 0.717) is 5.92 Å². The number of benzene rings is 1. The van der Waals surface area contributed by atoms with Gasteiger partial charge in [0, 0.05) is 12.2 Å². The molecule has 114 valence electrons. The van der Waals surface area contributed by atoms with Crippen LogP contribution in [0.5, 0.6) is 0 Å². The standard InChI is InChI=1S/C16H23N3O2/c1-12-6-5-9-19(10-12)11-15(20)18-16(21)17-14-8-4-3-7-13(14)2/h3-4,7-8,12H,5-6,9-11H2,1-2H3,(H2,17,18,20,21). The lowest BCUT2D eigenvalue weighted by Gasteiger charge is -2.29. The molecule has 5 heteroatoms. The van der Waals surface area contributed by atoms with Crippen LogP contribution in [-0.2, 0) is 4.79 Å². The molecule has 5 nitrogen and oxygen atoms in total. The molecule has 0 spiro atoms. The van der Waals surface area contributed by atoms with Crippen LogP contribution < -0.4 is 10.6 Å². The van der Waals surface area contributed by atoms with E-state index in [0.717, 1.165) is 30.8 Å². The number of amides is 3. The first-order valence-corrected chi connectivity index (χ1v) is 7.43. The molecule has 0 radical (unpaired) electrons. The molecule has 21 heavy (non-hydrogen) atoms. The van der Waals surface area contributed by atoms with Crippen molar-refractivity contribution in [2.75, 3.05) is 25.0 Å². The summed E-state index contributed by atoms with van der Waals surface area (Å²) in [5.74, 6) is 0.363. The first-order valence-electron chi connectivity index (χ1n) is 7.43. The fourth-order valence-electron chi connectivity index (χ4n) is 2.67. The van der Waals surface area contributed by atoms with E-state index in [-0.39, 0.29) is 12.5 Å². The molecule has 1 aliphatic rings. The number of hydrogen-bond donors (Lipinski definition) is 2. The maximum absolute atomic E-state index is 11.9. The largest absolute Gasteiger partial charge is 0.325 e. The number of likely N-dealkylation sites (tertiary alicyclic amines) is 1. The minimum absolute atomic E-state index is 0.254. The molecule has 0 aliphatic carbocycles. The first-order chi connectivity index (χ1) is 10.0. The minimum Gasteiger partial charge on any atom is -0.307 e. The van der Waals surface area contributed by atoms with Gasteiger partial charge in [0.05, 0.1) is 6.54 Å². The van der Waals surface area contributed by atoms with Gasteiger partial charge in [-0.3, -0.25) is 15.0 Å². The van der Waals surface area contributed by atoms with Crippen LogP contribution in [0, 0.1) is 12.8 Å². The zero-order valence-corrected chi connectivity index (χ0v) is 12.7. The Labute approximate surface area is 125 Å². The van der Waals surface area contributed by atoms with Crippen LogP contribution in [-0.4, -0.2) is 36.5 Å². The third-order valence-electron chi connectivity index (χ3n) is 3.75. The summed E-state index contributed by atoms with van der Waals surface area (Å²) in [5, 5.41) is 5.08. The van der Waals surface area contributed by atoms with E-state index in [4.69, 9.17) is 0 Å². The smallest absolute Gasteiger partial charge is 0.307 e. The van der Waals surface area contributed by atoms with Crippen molar-refractivity contribution in [1.29, 1.82) is 0 Å². The highest BCUT2D eigenvalue weighted by Crippen LogP contribution is 2.15. The van der Waals surface area contributed by atoms with Crippen molar-refractivity contribution in [3.63, 3.8) is 0 Å². The molecule has 1 aromatic carbocycles. The van der Waals surface area contributed by atoms with Gasteiger partial charge in [-0.1, -0.05) is 25.1 Å². The molecule has 1 aromatic rings. The van der Waals surface area contributed by atoms with Gasteiger partial charge in [0.1, 0.15) is 0 Å². The molecule has 1 atom stereocenters. The molecule has 3 amide bonds. The van der Waals surface area contributed by atoms with Crippen LogP contribution in [0.4, 0.5) is 10.5 Å². The summed E-state index contributed by atoms with van der Waals surface area (Å²) in [6.07, 6.45) is 2.33. The lowest BCUT2D eigenvalue weighted by molar-refractivity contribution is -0.121. The highest BCUT2D eigenvalue weighted by atomic mass is 16.2. The number of urea groups is 1. The number of aryl methyl sites for hydroxylation is 1. The van der Waals surface area contributed by atoms with Crippen molar-refractivity contribution in [3.8, 4) is 0 Å². The van der Waals surface area contributed by atoms with Crippen molar-refractivity contribution >= 4 is 17.6 Å². The summed E-state index contributed by atoms with van der Waals surface area (Å²) >= 11 is 0. The summed E-state index contributed by atoms with van der Waals surface area (Å²) in [5.41, 5.74) is 1.68. The molecular formula is C16H23N3O2. The Hall–Kier alpha value is -1.88. The van der Waals surface area contributed by atoms with Crippen LogP contribution >= 0.6 is 0 Å². The van der Waals surface area contributed by atoms with Gasteiger partial charge in [0.25, 0.3) is 0 Å². The molecule has 2 rings (SSSR count). The summed E-state index contributed by atoms with van der Waals surface area (Å²) in [6, 6.07) is 7.00. The Morgan fingerprint density at radius 1 is 1.33 bits per heavy atom. The molecule has 1 saturated heterocycles. The van der Waals surface area contributed by atoms with E-state index < -0.39 is 6.03 Å². The van der Waals surface area contributed by atoms with Gasteiger partial charge in [-0.15, -0.1) is 0 Å². The van der Waals surface area contributed by atoms with E-state index >= 15 is 0 Å². The zero-order chi connectivity index (χ0) is 15.2. The Bertz CT molecular complexity index is 516. The minimum atomic E-state index is -0.473. The molecule has 1 fully saturated rings. The van der Waals surface area contributed by atoms with Crippen LogP contribution in [0.2, 0.25) is 0 Å². The lowest BCUT2D eigenvalue weighted by atomic mass is 10.0. The van der Waals surface area contributed by atoms with Gasteiger partial charge in [-0.2, -0.15) is 0 Å². The fourth-order valence-corrected chi connectivity index (χ4v) is 2.67. The van der Waals surface area contributed by atoms with Crippen LogP contribution in [0.15, 0.2) is 24.3 Å². The highest BCUT2D eigenvalue weighted by Gasteiger charge is 2.19. The number of piperidine rings is 1. The quantitative estimate of drug-likeness (QED) is 0.898. The van der Waals surface area contributed by atoms with Gasteiger partial charge in [0.15, 0.2) is 0 Å². The summed E-state index contributed by atoms with van der Waals surface area (Å²) in [6.45, 7) is 6.23. The van der Waals surface area contributed by atoms with Crippen molar-refractivity contribution < 1.29 is 9.59 Å². The van der Waals surface area contributed by atoms with E-state index in [1.54, 1.807) is 0 Å².